The molecule has 0 rings (SSSR count). The molecule has 0 aromatic rings. The molecule has 0 aromatic heterocycles. The Balaban J connectivity index is 0. The average Bonchev–Trinajstić information content (AvgIpc) is 2.64. The van der Waals surface area contributed by atoms with Crippen LogP contribution in [0.5, 0.6) is 0 Å². The normalized spacial score (nSPS) is 9.77. The van der Waals surface area contributed by atoms with Crippen LogP contribution in [0.15, 0.2) is 0 Å². The van der Waals surface area contributed by atoms with Crippen molar-refractivity contribution in [3.8, 4) is 0 Å². The molecular weight excluding hydrogens is 352 g/mol. The summed E-state index contributed by atoms with van der Waals surface area (Å²) in [7, 11) is 4.42. The highest BCUT2D eigenvalue weighted by atomic mass is 16.5. The van der Waals surface area contributed by atoms with Crippen LogP contribution in [-0.4, -0.2) is 118 Å². The van der Waals surface area contributed by atoms with E-state index in [2.05, 4.69) is 15.4 Å². The van der Waals surface area contributed by atoms with Gasteiger partial charge in [-0.2, -0.15) is 0 Å². The minimum atomic E-state index is -0.341. The molecule has 156 valence electrons. The summed E-state index contributed by atoms with van der Waals surface area (Å²) < 4.78 is 14.3. The van der Waals surface area contributed by atoms with Gasteiger partial charge in [-0.05, 0) is 0 Å². The molecule has 12 nitrogen and oxygen atoms in total. The predicted molar refractivity (Wildman–Crippen MR) is 92.2 cm³/mol. The molecule has 0 aliphatic heterocycles. The SMILES string of the molecule is COCN(COC)C(=O)N(CCO)CCO.COCNC(=O)NCCO. The number of rotatable bonds is 12. The lowest BCUT2D eigenvalue weighted by molar-refractivity contribution is -0.000634. The first-order valence-corrected chi connectivity index (χ1v) is 7.87. The summed E-state index contributed by atoms with van der Waals surface area (Å²) in [5.41, 5.74) is 0. The van der Waals surface area contributed by atoms with Gasteiger partial charge < -0.3 is 45.1 Å². The van der Waals surface area contributed by atoms with Crippen LogP contribution in [0.2, 0.25) is 0 Å². The summed E-state index contributed by atoms with van der Waals surface area (Å²) in [5.74, 6) is 0. The number of aliphatic hydroxyl groups excluding tert-OH is 3. The highest BCUT2D eigenvalue weighted by Gasteiger charge is 2.19. The lowest BCUT2D eigenvalue weighted by Crippen LogP contribution is -2.46. The maximum Gasteiger partial charge on any atom is 0.323 e. The van der Waals surface area contributed by atoms with Crippen LogP contribution in [0.1, 0.15) is 0 Å². The molecule has 0 saturated heterocycles. The van der Waals surface area contributed by atoms with Crippen LogP contribution >= 0.6 is 0 Å². The van der Waals surface area contributed by atoms with E-state index in [0.717, 1.165) is 0 Å². The molecule has 0 saturated carbocycles. The molecule has 0 fully saturated rings. The van der Waals surface area contributed by atoms with Crippen molar-refractivity contribution in [1.29, 1.82) is 0 Å². The summed E-state index contributed by atoms with van der Waals surface area (Å²) in [6.45, 7) is 0.610. The third-order valence-electron chi connectivity index (χ3n) is 2.63. The van der Waals surface area contributed by atoms with Gasteiger partial charge in [0.1, 0.15) is 20.2 Å². The molecule has 0 atom stereocenters. The van der Waals surface area contributed by atoms with Crippen LogP contribution in [-0.2, 0) is 14.2 Å². The van der Waals surface area contributed by atoms with Gasteiger partial charge in [-0.15, -0.1) is 0 Å². The van der Waals surface area contributed by atoms with E-state index in [1.165, 1.54) is 31.1 Å². The second kappa shape index (κ2) is 19.6. The van der Waals surface area contributed by atoms with E-state index in [0.29, 0.717) is 0 Å². The third-order valence-corrected chi connectivity index (χ3v) is 2.63. The van der Waals surface area contributed by atoms with E-state index in [1.807, 2.05) is 0 Å². The molecular formula is C14H32N4O8. The number of amides is 4. The average molecular weight is 384 g/mol. The van der Waals surface area contributed by atoms with Crippen molar-refractivity contribution in [2.75, 3.05) is 81.0 Å². The number of nitrogens with one attached hydrogen (secondary N) is 2. The molecule has 0 spiro atoms. The predicted octanol–water partition coefficient (Wildman–Crippen LogP) is -2.22. The number of hydrogen-bond acceptors (Lipinski definition) is 8. The van der Waals surface area contributed by atoms with Gasteiger partial charge in [0.05, 0.1) is 19.8 Å². The Labute approximate surface area is 153 Å². The van der Waals surface area contributed by atoms with Gasteiger partial charge in [-0.25, -0.2) is 9.59 Å². The van der Waals surface area contributed by atoms with Crippen LogP contribution in [0.25, 0.3) is 0 Å². The van der Waals surface area contributed by atoms with Crippen LogP contribution in [0, 0.1) is 0 Å². The van der Waals surface area contributed by atoms with E-state index in [4.69, 9.17) is 24.8 Å². The van der Waals surface area contributed by atoms with Crippen LogP contribution in [0.3, 0.4) is 0 Å². The Morgan fingerprint density at radius 1 is 0.808 bits per heavy atom. The summed E-state index contributed by atoms with van der Waals surface area (Å²) in [5, 5.41) is 30.6. The fourth-order valence-electron chi connectivity index (χ4n) is 1.57. The first-order chi connectivity index (χ1) is 12.5. The molecule has 12 heteroatoms. The summed E-state index contributed by atoms with van der Waals surface area (Å²) in [4.78, 5) is 25.1. The fourth-order valence-corrected chi connectivity index (χ4v) is 1.57. The van der Waals surface area contributed by atoms with E-state index >= 15 is 0 Å². The Hall–Kier alpha value is -1.70. The van der Waals surface area contributed by atoms with Crippen LogP contribution < -0.4 is 10.6 Å². The number of carbonyl (C=O) groups is 2. The molecule has 0 aliphatic rings. The molecule has 4 amide bonds. The van der Waals surface area contributed by atoms with Gasteiger partial charge in [0.15, 0.2) is 0 Å². The van der Waals surface area contributed by atoms with Gasteiger partial charge >= 0.3 is 12.1 Å². The minimum Gasteiger partial charge on any atom is -0.395 e. The number of ether oxygens (including phenoxy) is 3. The van der Waals surface area contributed by atoms with Gasteiger partial charge in [-0.3, -0.25) is 4.90 Å². The summed E-state index contributed by atoms with van der Waals surface area (Å²) >= 11 is 0. The highest BCUT2D eigenvalue weighted by Crippen LogP contribution is 1.99. The number of methoxy groups -OCH3 is 3. The summed E-state index contributed by atoms with van der Waals surface area (Å²) in [6.07, 6.45) is 0. The fraction of sp³-hybridized carbons (Fsp3) is 0.857. The van der Waals surface area contributed by atoms with Crippen molar-refractivity contribution in [1.82, 2.24) is 20.4 Å². The van der Waals surface area contributed by atoms with Gasteiger partial charge in [0.2, 0.25) is 0 Å². The zero-order valence-electron chi connectivity index (χ0n) is 15.6. The number of hydrogen-bond donors (Lipinski definition) is 5. The zero-order valence-corrected chi connectivity index (χ0v) is 15.6. The number of aliphatic hydroxyl groups is 3. The van der Waals surface area contributed by atoms with E-state index in [1.54, 1.807) is 0 Å². The van der Waals surface area contributed by atoms with Crippen molar-refractivity contribution in [3.63, 3.8) is 0 Å². The molecule has 0 aromatic carbocycles. The van der Waals surface area contributed by atoms with Gasteiger partial charge in [0.25, 0.3) is 0 Å². The summed E-state index contributed by atoms with van der Waals surface area (Å²) in [6, 6.07) is -0.678. The smallest absolute Gasteiger partial charge is 0.323 e. The molecule has 0 radical (unpaired) electrons. The molecule has 0 bridgehead atoms. The zero-order chi connectivity index (χ0) is 20.2. The molecule has 26 heavy (non-hydrogen) atoms. The van der Waals surface area contributed by atoms with Gasteiger partial charge in [-0.1, -0.05) is 0 Å². The topological polar surface area (TPSA) is 153 Å². The lowest BCUT2D eigenvalue weighted by atomic mass is 10.5. The maximum absolute atomic E-state index is 11.9. The highest BCUT2D eigenvalue weighted by molar-refractivity contribution is 5.74. The standard InChI is InChI=1S/C9H20N2O5.C5H12N2O3/c1-15-7-11(8-16-2)9(14)10(3-5-12)4-6-13;1-10-4-7-5(9)6-2-3-8/h12-13H,3-8H2,1-2H3;8H,2-4H2,1H3,(H2,6,7,9). The largest absolute Gasteiger partial charge is 0.395 e. The third kappa shape index (κ3) is 14.6. The van der Waals surface area contributed by atoms with E-state index in [-0.39, 0.29) is 71.7 Å². The Morgan fingerprint density at radius 2 is 1.35 bits per heavy atom. The maximum atomic E-state index is 11.9. The number of carbonyl (C=O) groups excluding carboxylic acids is 2. The number of nitrogens with zero attached hydrogens (tertiary/aromatic N) is 2. The Kier molecular flexibility index (Phi) is 20.0. The lowest BCUT2D eigenvalue weighted by Gasteiger charge is -2.28. The van der Waals surface area contributed by atoms with Crippen molar-refractivity contribution < 1.29 is 39.1 Å². The monoisotopic (exact) mass is 384 g/mol. The molecule has 0 aliphatic carbocycles. The van der Waals surface area contributed by atoms with Crippen molar-refractivity contribution in [3.05, 3.63) is 0 Å². The molecule has 0 heterocycles. The first-order valence-electron chi connectivity index (χ1n) is 7.87. The first kappa shape index (κ1) is 26.5. The van der Waals surface area contributed by atoms with Crippen molar-refractivity contribution in [2.45, 2.75) is 0 Å². The van der Waals surface area contributed by atoms with Crippen LogP contribution in [0.4, 0.5) is 9.59 Å². The van der Waals surface area contributed by atoms with Crippen molar-refractivity contribution in [2.24, 2.45) is 0 Å². The van der Waals surface area contributed by atoms with Gasteiger partial charge in [0, 0.05) is 41.0 Å². The minimum absolute atomic E-state index is 0.0552. The van der Waals surface area contributed by atoms with E-state index in [9.17, 15) is 9.59 Å². The van der Waals surface area contributed by atoms with Crippen molar-refractivity contribution >= 4 is 12.1 Å². The number of urea groups is 2. The second-order valence-electron chi connectivity index (χ2n) is 4.68. The van der Waals surface area contributed by atoms with E-state index < -0.39 is 0 Å². The quantitative estimate of drug-likeness (QED) is 0.237. The Bertz CT molecular complexity index is 309. The molecule has 5 N–H and O–H groups in total. The second-order valence-corrected chi connectivity index (χ2v) is 4.68. The molecule has 0 unspecified atom stereocenters. The Morgan fingerprint density at radius 3 is 1.73 bits per heavy atom.